The Morgan fingerprint density at radius 1 is 1.35 bits per heavy atom. The number of alkyl halides is 3. The first-order valence-corrected chi connectivity index (χ1v) is 7.11. The average molecular weight is 353 g/mol. The van der Waals surface area contributed by atoms with Gasteiger partial charge in [-0.2, -0.15) is 13.2 Å². The summed E-state index contributed by atoms with van der Waals surface area (Å²) in [6.07, 6.45) is -4.60. The van der Waals surface area contributed by atoms with Crippen molar-refractivity contribution in [2.45, 2.75) is 38.2 Å². The summed E-state index contributed by atoms with van der Waals surface area (Å²) in [5.74, 6) is -0.223. The van der Waals surface area contributed by atoms with Crippen LogP contribution in [0, 0.1) is 0 Å². The molecule has 1 aromatic rings. The minimum Gasteiger partial charge on any atom is -0.375 e. The van der Waals surface area contributed by atoms with Crippen LogP contribution in [0.15, 0.2) is 24.3 Å². The zero-order valence-electron chi connectivity index (χ0n) is 12.8. The van der Waals surface area contributed by atoms with Crippen molar-refractivity contribution in [1.82, 2.24) is 10.6 Å². The van der Waals surface area contributed by atoms with Gasteiger partial charge in [0.05, 0.1) is 24.3 Å². The Balaban J connectivity index is 0.00000264. The SMILES string of the molecule is CC(NC(=O)[C@H]1NCCO[C@@H]1C)c1ccc(C(F)(F)F)cc1.Cl. The van der Waals surface area contributed by atoms with Crippen LogP contribution in [-0.4, -0.2) is 31.2 Å². The monoisotopic (exact) mass is 352 g/mol. The maximum atomic E-state index is 12.5. The van der Waals surface area contributed by atoms with E-state index in [0.717, 1.165) is 12.1 Å². The van der Waals surface area contributed by atoms with Crippen molar-refractivity contribution in [3.63, 3.8) is 0 Å². The van der Waals surface area contributed by atoms with E-state index in [1.807, 2.05) is 0 Å². The third kappa shape index (κ3) is 5.09. The molecule has 0 saturated carbocycles. The molecule has 2 N–H and O–H groups in total. The highest BCUT2D eigenvalue weighted by atomic mass is 35.5. The van der Waals surface area contributed by atoms with Crippen molar-refractivity contribution in [1.29, 1.82) is 0 Å². The Kier molecular flexibility index (Phi) is 6.85. The predicted octanol–water partition coefficient (Wildman–Crippen LogP) is 2.68. The van der Waals surface area contributed by atoms with Crippen LogP contribution in [0.3, 0.4) is 0 Å². The molecule has 0 aliphatic carbocycles. The van der Waals surface area contributed by atoms with Crippen LogP contribution in [-0.2, 0) is 15.7 Å². The van der Waals surface area contributed by atoms with Crippen LogP contribution in [0.2, 0.25) is 0 Å². The van der Waals surface area contributed by atoms with Gasteiger partial charge in [-0.1, -0.05) is 12.1 Å². The van der Waals surface area contributed by atoms with Gasteiger partial charge in [0.25, 0.3) is 0 Å². The smallest absolute Gasteiger partial charge is 0.375 e. The van der Waals surface area contributed by atoms with E-state index >= 15 is 0 Å². The molecule has 23 heavy (non-hydrogen) atoms. The summed E-state index contributed by atoms with van der Waals surface area (Å²) >= 11 is 0. The number of carbonyl (C=O) groups excluding carboxylic acids is 1. The van der Waals surface area contributed by atoms with Gasteiger partial charge < -0.3 is 15.4 Å². The van der Waals surface area contributed by atoms with Crippen LogP contribution in [0.4, 0.5) is 13.2 Å². The Morgan fingerprint density at radius 3 is 2.48 bits per heavy atom. The van der Waals surface area contributed by atoms with E-state index in [9.17, 15) is 18.0 Å². The first kappa shape index (κ1) is 19.7. The molecule has 8 heteroatoms. The molecule has 4 nitrogen and oxygen atoms in total. The number of morpholine rings is 1. The van der Waals surface area contributed by atoms with Gasteiger partial charge in [0.15, 0.2) is 0 Å². The number of amides is 1. The number of nitrogens with one attached hydrogen (secondary N) is 2. The summed E-state index contributed by atoms with van der Waals surface area (Å²) in [5, 5.41) is 5.86. The van der Waals surface area contributed by atoms with E-state index in [0.29, 0.717) is 18.7 Å². The van der Waals surface area contributed by atoms with Gasteiger partial charge in [0, 0.05) is 6.54 Å². The van der Waals surface area contributed by atoms with Crippen molar-refractivity contribution < 1.29 is 22.7 Å². The molecule has 0 bridgehead atoms. The molecule has 1 fully saturated rings. The summed E-state index contributed by atoms with van der Waals surface area (Å²) in [7, 11) is 0. The largest absolute Gasteiger partial charge is 0.416 e. The van der Waals surface area contributed by atoms with Crippen molar-refractivity contribution in [2.24, 2.45) is 0 Å². The molecular formula is C15H20ClF3N2O2. The van der Waals surface area contributed by atoms with Crippen LogP contribution in [0.1, 0.15) is 31.0 Å². The third-order valence-corrected chi connectivity index (χ3v) is 3.70. The lowest BCUT2D eigenvalue weighted by molar-refractivity contribution is -0.137. The standard InChI is InChI=1S/C15H19F3N2O2.ClH/c1-9(11-3-5-12(6-4-11)15(16,17)18)20-14(21)13-10(2)22-8-7-19-13;/h3-6,9-10,13,19H,7-8H2,1-2H3,(H,20,21);1H/t9?,10-,13+;/m1./s1. The fourth-order valence-corrected chi connectivity index (χ4v) is 2.37. The van der Waals surface area contributed by atoms with Crippen molar-refractivity contribution >= 4 is 18.3 Å². The van der Waals surface area contributed by atoms with E-state index in [4.69, 9.17) is 4.74 Å². The van der Waals surface area contributed by atoms with Crippen LogP contribution >= 0.6 is 12.4 Å². The van der Waals surface area contributed by atoms with E-state index in [2.05, 4.69) is 10.6 Å². The normalized spacial score (nSPS) is 22.8. The molecule has 1 amide bonds. The third-order valence-electron chi connectivity index (χ3n) is 3.70. The lowest BCUT2D eigenvalue weighted by Crippen LogP contribution is -2.55. The van der Waals surface area contributed by atoms with Crippen LogP contribution in [0.25, 0.3) is 0 Å². The Bertz CT molecular complexity index is 522. The van der Waals surface area contributed by atoms with Gasteiger partial charge >= 0.3 is 6.18 Å². The number of ether oxygens (including phenoxy) is 1. The molecule has 0 spiro atoms. The second kappa shape index (κ2) is 7.99. The molecule has 1 aliphatic heterocycles. The Labute approximate surface area is 139 Å². The second-order valence-corrected chi connectivity index (χ2v) is 5.36. The quantitative estimate of drug-likeness (QED) is 0.879. The molecule has 130 valence electrons. The van der Waals surface area contributed by atoms with Crippen LogP contribution < -0.4 is 10.6 Å². The Morgan fingerprint density at radius 2 is 1.96 bits per heavy atom. The molecule has 1 aliphatic rings. The molecule has 1 heterocycles. The summed E-state index contributed by atoms with van der Waals surface area (Å²) in [6.45, 7) is 4.69. The topological polar surface area (TPSA) is 50.4 Å². The number of halogens is 4. The van der Waals surface area contributed by atoms with Crippen molar-refractivity contribution in [3.05, 3.63) is 35.4 Å². The predicted molar refractivity (Wildman–Crippen MR) is 82.5 cm³/mol. The zero-order valence-corrected chi connectivity index (χ0v) is 13.6. The fourth-order valence-electron chi connectivity index (χ4n) is 2.37. The van der Waals surface area contributed by atoms with Gasteiger partial charge in [-0.05, 0) is 31.5 Å². The van der Waals surface area contributed by atoms with Gasteiger partial charge in [0.1, 0.15) is 6.04 Å². The highest BCUT2D eigenvalue weighted by Gasteiger charge is 2.31. The number of benzene rings is 1. The minimum absolute atomic E-state index is 0. The second-order valence-electron chi connectivity index (χ2n) is 5.36. The van der Waals surface area contributed by atoms with Gasteiger partial charge in [-0.15, -0.1) is 12.4 Å². The van der Waals surface area contributed by atoms with Gasteiger partial charge in [-0.25, -0.2) is 0 Å². The summed E-state index contributed by atoms with van der Waals surface area (Å²) in [5.41, 5.74) is -0.0866. The maximum absolute atomic E-state index is 12.5. The zero-order chi connectivity index (χ0) is 16.3. The molecule has 1 aromatic carbocycles. The molecule has 1 saturated heterocycles. The highest BCUT2D eigenvalue weighted by Crippen LogP contribution is 2.29. The number of carbonyl (C=O) groups is 1. The summed E-state index contributed by atoms with van der Waals surface area (Å²) in [4.78, 5) is 12.2. The van der Waals surface area contributed by atoms with Crippen molar-refractivity contribution in [2.75, 3.05) is 13.2 Å². The summed E-state index contributed by atoms with van der Waals surface area (Å²) in [6, 6.07) is 3.95. The lowest BCUT2D eigenvalue weighted by Gasteiger charge is -2.30. The maximum Gasteiger partial charge on any atom is 0.416 e. The van der Waals surface area contributed by atoms with Gasteiger partial charge in [-0.3, -0.25) is 4.79 Å². The molecule has 0 aromatic heterocycles. The average Bonchev–Trinajstić information content (AvgIpc) is 2.46. The molecular weight excluding hydrogens is 333 g/mol. The van der Waals surface area contributed by atoms with E-state index in [1.54, 1.807) is 13.8 Å². The first-order valence-electron chi connectivity index (χ1n) is 7.11. The first-order chi connectivity index (χ1) is 10.3. The van der Waals surface area contributed by atoms with E-state index in [-0.39, 0.29) is 30.5 Å². The van der Waals surface area contributed by atoms with E-state index < -0.39 is 17.8 Å². The highest BCUT2D eigenvalue weighted by molar-refractivity contribution is 5.85. The fraction of sp³-hybridized carbons (Fsp3) is 0.533. The molecule has 1 unspecified atom stereocenters. The number of hydrogen-bond acceptors (Lipinski definition) is 3. The van der Waals surface area contributed by atoms with Gasteiger partial charge in [0.2, 0.25) is 5.91 Å². The lowest BCUT2D eigenvalue weighted by atomic mass is 10.0. The minimum atomic E-state index is -4.36. The van der Waals surface area contributed by atoms with Crippen LogP contribution in [0.5, 0.6) is 0 Å². The van der Waals surface area contributed by atoms with Crippen molar-refractivity contribution in [3.8, 4) is 0 Å². The number of hydrogen-bond donors (Lipinski definition) is 2. The molecule has 0 radical (unpaired) electrons. The number of rotatable bonds is 3. The molecule has 2 rings (SSSR count). The summed E-state index contributed by atoms with van der Waals surface area (Å²) < 4.78 is 43.0. The Hall–Kier alpha value is -1.31. The van der Waals surface area contributed by atoms with E-state index in [1.165, 1.54) is 12.1 Å². The molecule has 3 atom stereocenters.